The number of rotatable bonds is 8. The fraction of sp³-hybridized carbons (Fsp3) is 0.273. The van der Waals surface area contributed by atoms with Gasteiger partial charge in [-0.2, -0.15) is 0 Å². The summed E-state index contributed by atoms with van der Waals surface area (Å²) in [5, 5.41) is 14.4. The van der Waals surface area contributed by atoms with E-state index in [9.17, 15) is 29.3 Å². The molecule has 0 aromatic heterocycles. The molecule has 11 nitrogen and oxygen atoms in total. The zero-order chi connectivity index (χ0) is 24.0. The predicted molar refractivity (Wildman–Crippen MR) is 114 cm³/mol. The van der Waals surface area contributed by atoms with Crippen molar-refractivity contribution in [2.24, 2.45) is 5.92 Å². The molecule has 2 aromatic rings. The van der Waals surface area contributed by atoms with Crippen molar-refractivity contribution in [3.05, 3.63) is 75.8 Å². The number of hydrazine groups is 1. The Morgan fingerprint density at radius 2 is 1.82 bits per heavy atom. The maximum atomic E-state index is 12.3. The fourth-order valence-corrected chi connectivity index (χ4v) is 3.26. The van der Waals surface area contributed by atoms with Crippen LogP contribution in [0.1, 0.15) is 35.3 Å². The van der Waals surface area contributed by atoms with E-state index in [1.54, 1.807) is 6.92 Å². The van der Waals surface area contributed by atoms with Crippen LogP contribution in [0.15, 0.2) is 54.6 Å². The van der Waals surface area contributed by atoms with Crippen LogP contribution in [0.25, 0.3) is 0 Å². The summed E-state index contributed by atoms with van der Waals surface area (Å²) in [6, 6.07) is 13.9. The van der Waals surface area contributed by atoms with Crippen molar-refractivity contribution in [3.8, 4) is 0 Å². The Kier molecular flexibility index (Phi) is 7.34. The summed E-state index contributed by atoms with van der Waals surface area (Å²) in [4.78, 5) is 59.0. The first-order valence-electron chi connectivity index (χ1n) is 10.1. The minimum Gasteiger partial charge on any atom is -0.455 e. The summed E-state index contributed by atoms with van der Waals surface area (Å²) >= 11 is 0. The molecule has 33 heavy (non-hydrogen) atoms. The van der Waals surface area contributed by atoms with Crippen LogP contribution in [-0.4, -0.2) is 46.8 Å². The fourth-order valence-electron chi connectivity index (χ4n) is 3.26. The SMILES string of the molecule is C[C@@H](NC(=O)COC(=O)[C@H]1CC(=O)N(NC(=O)c2ccc([N+](=O)[O-])cc2)C1)c1ccccc1. The minimum absolute atomic E-state index is 0.113. The van der Waals surface area contributed by atoms with Gasteiger partial charge in [-0.05, 0) is 24.6 Å². The van der Waals surface area contributed by atoms with Gasteiger partial charge in [-0.3, -0.25) is 39.7 Å². The highest BCUT2D eigenvalue weighted by Crippen LogP contribution is 2.19. The lowest BCUT2D eigenvalue weighted by molar-refractivity contribution is -0.384. The van der Waals surface area contributed by atoms with Crippen molar-refractivity contribution in [2.75, 3.05) is 13.2 Å². The van der Waals surface area contributed by atoms with E-state index in [4.69, 9.17) is 4.74 Å². The molecule has 172 valence electrons. The van der Waals surface area contributed by atoms with E-state index in [-0.39, 0.29) is 30.3 Å². The number of esters is 1. The van der Waals surface area contributed by atoms with Crippen LogP contribution in [0.5, 0.6) is 0 Å². The van der Waals surface area contributed by atoms with Gasteiger partial charge in [0.2, 0.25) is 5.91 Å². The summed E-state index contributed by atoms with van der Waals surface area (Å²) in [7, 11) is 0. The highest BCUT2D eigenvalue weighted by molar-refractivity contribution is 5.96. The number of hydrogen-bond donors (Lipinski definition) is 2. The molecule has 11 heteroatoms. The molecule has 1 heterocycles. The summed E-state index contributed by atoms with van der Waals surface area (Å²) < 4.78 is 5.04. The Balaban J connectivity index is 1.46. The number of nitro groups is 1. The van der Waals surface area contributed by atoms with Gasteiger partial charge in [0.25, 0.3) is 17.5 Å². The lowest BCUT2D eigenvalue weighted by atomic mass is 10.1. The summed E-state index contributed by atoms with van der Waals surface area (Å²) in [6.07, 6.45) is -0.179. The number of carbonyl (C=O) groups is 4. The number of amides is 3. The Labute approximate surface area is 188 Å². The molecule has 0 spiro atoms. The molecule has 1 aliphatic heterocycles. The third-order valence-electron chi connectivity index (χ3n) is 5.06. The van der Waals surface area contributed by atoms with E-state index < -0.39 is 41.1 Å². The molecule has 0 unspecified atom stereocenters. The number of nitrogens with one attached hydrogen (secondary N) is 2. The molecule has 3 amide bonds. The molecule has 0 aliphatic carbocycles. The van der Waals surface area contributed by atoms with E-state index in [1.807, 2.05) is 30.3 Å². The van der Waals surface area contributed by atoms with Gasteiger partial charge in [0.15, 0.2) is 6.61 Å². The van der Waals surface area contributed by atoms with Crippen LogP contribution in [-0.2, 0) is 19.1 Å². The third kappa shape index (κ3) is 6.12. The lowest BCUT2D eigenvalue weighted by Gasteiger charge is -2.18. The molecular weight excluding hydrogens is 432 g/mol. The van der Waals surface area contributed by atoms with Crippen molar-refractivity contribution in [1.29, 1.82) is 0 Å². The van der Waals surface area contributed by atoms with Gasteiger partial charge in [-0.15, -0.1) is 0 Å². The number of carbonyl (C=O) groups excluding carboxylic acids is 4. The first-order valence-corrected chi connectivity index (χ1v) is 10.1. The van der Waals surface area contributed by atoms with E-state index in [2.05, 4.69) is 10.7 Å². The molecule has 1 fully saturated rings. The smallest absolute Gasteiger partial charge is 0.311 e. The Bertz CT molecular complexity index is 1060. The normalized spacial score (nSPS) is 16.1. The first kappa shape index (κ1) is 23.4. The average Bonchev–Trinajstić information content (AvgIpc) is 3.18. The molecule has 3 rings (SSSR count). The van der Waals surface area contributed by atoms with Crippen molar-refractivity contribution >= 4 is 29.4 Å². The quantitative estimate of drug-likeness (QED) is 0.349. The molecule has 0 radical (unpaired) electrons. The van der Waals surface area contributed by atoms with Gasteiger partial charge in [0.05, 0.1) is 23.4 Å². The molecule has 0 bridgehead atoms. The Morgan fingerprint density at radius 3 is 2.45 bits per heavy atom. The van der Waals surface area contributed by atoms with E-state index in [0.29, 0.717) is 0 Å². The van der Waals surface area contributed by atoms with E-state index in [0.717, 1.165) is 10.6 Å². The van der Waals surface area contributed by atoms with Gasteiger partial charge < -0.3 is 10.1 Å². The molecule has 2 atom stereocenters. The van der Waals surface area contributed by atoms with Crippen LogP contribution in [0, 0.1) is 16.0 Å². The highest BCUT2D eigenvalue weighted by atomic mass is 16.6. The second kappa shape index (κ2) is 10.4. The number of nitro benzene ring substituents is 1. The van der Waals surface area contributed by atoms with Crippen molar-refractivity contribution in [2.45, 2.75) is 19.4 Å². The summed E-state index contributed by atoms with van der Waals surface area (Å²) in [5.74, 6) is -3.18. The average molecular weight is 454 g/mol. The largest absolute Gasteiger partial charge is 0.455 e. The van der Waals surface area contributed by atoms with E-state index in [1.165, 1.54) is 24.3 Å². The number of ether oxygens (including phenoxy) is 1. The van der Waals surface area contributed by atoms with Crippen molar-refractivity contribution in [3.63, 3.8) is 0 Å². The standard InChI is InChI=1S/C22H22N4O7/c1-14(15-5-3-2-4-6-15)23-19(27)13-33-22(30)17-11-20(28)25(12-17)24-21(29)16-7-9-18(10-8-16)26(31)32/h2-10,14,17H,11-13H2,1H3,(H,23,27)(H,24,29)/t14-,17+/m1/s1. The zero-order valence-corrected chi connectivity index (χ0v) is 17.7. The van der Waals surface area contributed by atoms with Crippen molar-refractivity contribution < 1.29 is 28.8 Å². The maximum Gasteiger partial charge on any atom is 0.311 e. The minimum atomic E-state index is -0.839. The second-order valence-electron chi connectivity index (χ2n) is 7.46. The number of nitrogens with zero attached hydrogens (tertiary/aromatic N) is 2. The van der Waals surface area contributed by atoms with Crippen LogP contribution < -0.4 is 10.7 Å². The van der Waals surface area contributed by atoms with Gasteiger partial charge in [-0.1, -0.05) is 30.3 Å². The van der Waals surface area contributed by atoms with Gasteiger partial charge in [-0.25, -0.2) is 0 Å². The van der Waals surface area contributed by atoms with Crippen LogP contribution in [0.2, 0.25) is 0 Å². The summed E-state index contributed by atoms with van der Waals surface area (Å²) in [6.45, 7) is 1.20. The predicted octanol–water partition coefficient (Wildman–Crippen LogP) is 1.51. The molecule has 1 aliphatic rings. The molecule has 2 N–H and O–H groups in total. The van der Waals surface area contributed by atoms with Gasteiger partial charge in [0, 0.05) is 24.1 Å². The summed E-state index contributed by atoms with van der Waals surface area (Å²) in [5.41, 5.74) is 3.22. The molecule has 2 aromatic carbocycles. The van der Waals surface area contributed by atoms with Crippen molar-refractivity contribution in [1.82, 2.24) is 15.8 Å². The highest BCUT2D eigenvalue weighted by Gasteiger charge is 2.36. The number of non-ortho nitro benzene ring substituents is 1. The lowest BCUT2D eigenvalue weighted by Crippen LogP contribution is -2.43. The monoisotopic (exact) mass is 454 g/mol. The Morgan fingerprint density at radius 1 is 1.15 bits per heavy atom. The Hall–Kier alpha value is -4.28. The number of benzene rings is 2. The first-order chi connectivity index (χ1) is 15.7. The van der Waals surface area contributed by atoms with Gasteiger partial charge >= 0.3 is 5.97 Å². The topological polar surface area (TPSA) is 148 Å². The maximum absolute atomic E-state index is 12.3. The van der Waals surface area contributed by atoms with Crippen LogP contribution in [0.4, 0.5) is 5.69 Å². The molecular formula is C22H22N4O7. The zero-order valence-electron chi connectivity index (χ0n) is 17.7. The molecule has 1 saturated heterocycles. The molecule has 0 saturated carbocycles. The number of hydrogen-bond acceptors (Lipinski definition) is 7. The third-order valence-corrected chi connectivity index (χ3v) is 5.06. The second-order valence-corrected chi connectivity index (χ2v) is 7.46. The van der Waals surface area contributed by atoms with E-state index >= 15 is 0 Å². The van der Waals surface area contributed by atoms with Crippen LogP contribution >= 0.6 is 0 Å². The van der Waals surface area contributed by atoms with Gasteiger partial charge in [0.1, 0.15) is 0 Å². The van der Waals surface area contributed by atoms with Crippen LogP contribution in [0.3, 0.4) is 0 Å².